The van der Waals surface area contributed by atoms with E-state index in [1.165, 1.54) is 32.3 Å². The lowest BCUT2D eigenvalue weighted by Gasteiger charge is -2.69. The highest BCUT2D eigenvalue weighted by Crippen LogP contribution is 2.74. The topological polar surface area (TPSA) is 140 Å². The third-order valence-electron chi connectivity index (χ3n) is 15.0. The summed E-state index contributed by atoms with van der Waals surface area (Å²) in [6.45, 7) is 21.7. The molecule has 1 aliphatic heterocycles. The molecule has 46 heavy (non-hydrogen) atoms. The van der Waals surface area contributed by atoms with Gasteiger partial charge in [0.15, 0.2) is 6.29 Å². The second-order valence-corrected chi connectivity index (χ2v) is 18.2. The van der Waals surface area contributed by atoms with Gasteiger partial charge >= 0.3 is 0 Å². The maximum atomic E-state index is 11.2. The number of aliphatic hydroxyl groups is 6. The first kappa shape index (κ1) is 36.7. The molecule has 4 aliphatic carbocycles. The van der Waals surface area contributed by atoms with Crippen LogP contribution in [-0.2, 0) is 9.47 Å². The van der Waals surface area contributed by atoms with E-state index in [9.17, 15) is 30.6 Å². The van der Waals surface area contributed by atoms with Crippen LogP contribution in [0.3, 0.4) is 0 Å². The number of ether oxygens (including phenoxy) is 2. The number of aliphatic hydroxyl groups excluding tert-OH is 5. The van der Waals surface area contributed by atoms with Crippen molar-refractivity contribution in [2.75, 3.05) is 0 Å². The number of fused-ring (bicyclic) bond motifs is 5. The molecule has 1 heterocycles. The molecule has 0 aromatic rings. The number of hydrogen-bond donors (Lipinski definition) is 6. The fraction of sp³-hybridized carbons (Fsp3) is 0.947. The predicted octanol–water partition coefficient (Wildman–Crippen LogP) is 4.96. The Morgan fingerprint density at radius 3 is 2.24 bits per heavy atom. The van der Waals surface area contributed by atoms with Gasteiger partial charge in [0.1, 0.15) is 24.4 Å². The van der Waals surface area contributed by atoms with Crippen molar-refractivity contribution in [3.8, 4) is 0 Å². The SMILES string of the molecule is CC[C@@H]1O[C@H](O[C@H]2C[C@H]3C(C)(C)[C@H](C)CC[C@]3(C)[C@@H]3CC[C@]4(C)C(=CC[C@@H]4[C@H](C)C[C@@H](O)[C@@H](O)C(C)(C)O)[C@]23C)[C@@H](O)[C@H](O)[C@H]1O. The highest BCUT2D eigenvalue weighted by Gasteiger charge is 2.69. The van der Waals surface area contributed by atoms with Crippen molar-refractivity contribution in [1.82, 2.24) is 0 Å². The molecule has 16 atom stereocenters. The molecule has 5 aliphatic rings. The van der Waals surface area contributed by atoms with Gasteiger partial charge in [-0.1, -0.05) is 67.0 Å². The lowest BCUT2D eigenvalue weighted by atomic mass is 9.36. The van der Waals surface area contributed by atoms with E-state index >= 15 is 0 Å². The quantitative estimate of drug-likeness (QED) is 0.160. The van der Waals surface area contributed by atoms with Crippen LogP contribution in [0.15, 0.2) is 11.6 Å². The van der Waals surface area contributed by atoms with E-state index in [0.717, 1.165) is 25.7 Å². The van der Waals surface area contributed by atoms with Crippen molar-refractivity contribution in [3.05, 3.63) is 11.6 Å². The third-order valence-corrected chi connectivity index (χ3v) is 15.0. The molecule has 0 unspecified atom stereocenters. The van der Waals surface area contributed by atoms with Gasteiger partial charge in [0.25, 0.3) is 0 Å². The van der Waals surface area contributed by atoms with Gasteiger partial charge in [-0.15, -0.1) is 0 Å². The molecule has 4 fully saturated rings. The van der Waals surface area contributed by atoms with Crippen molar-refractivity contribution in [2.45, 2.75) is 175 Å². The lowest BCUT2D eigenvalue weighted by molar-refractivity contribution is -0.331. The Bertz CT molecular complexity index is 1130. The Morgan fingerprint density at radius 2 is 1.63 bits per heavy atom. The van der Waals surface area contributed by atoms with E-state index in [4.69, 9.17) is 9.47 Å². The van der Waals surface area contributed by atoms with E-state index < -0.39 is 48.5 Å². The highest BCUT2D eigenvalue weighted by molar-refractivity contribution is 5.36. The van der Waals surface area contributed by atoms with Crippen LogP contribution in [0.5, 0.6) is 0 Å². The minimum absolute atomic E-state index is 0.100. The van der Waals surface area contributed by atoms with Gasteiger partial charge in [-0.3, -0.25) is 0 Å². The van der Waals surface area contributed by atoms with Crippen LogP contribution in [0.1, 0.15) is 121 Å². The first-order valence-electron chi connectivity index (χ1n) is 18.3. The first-order valence-corrected chi connectivity index (χ1v) is 18.3. The van der Waals surface area contributed by atoms with Gasteiger partial charge in [-0.05, 0) is 111 Å². The van der Waals surface area contributed by atoms with Crippen molar-refractivity contribution in [2.24, 2.45) is 51.2 Å². The molecule has 0 bridgehead atoms. The summed E-state index contributed by atoms with van der Waals surface area (Å²) in [6, 6.07) is 0. The van der Waals surface area contributed by atoms with Crippen LogP contribution >= 0.6 is 0 Å². The lowest BCUT2D eigenvalue weighted by Crippen LogP contribution is -2.66. The molecule has 1 saturated heterocycles. The first-order chi connectivity index (χ1) is 21.1. The normalized spacial score (nSPS) is 49.3. The second-order valence-electron chi connectivity index (χ2n) is 18.2. The predicted molar refractivity (Wildman–Crippen MR) is 177 cm³/mol. The molecule has 8 nitrogen and oxygen atoms in total. The molecular weight excluding hydrogens is 584 g/mol. The summed E-state index contributed by atoms with van der Waals surface area (Å²) < 4.78 is 13.2. The summed E-state index contributed by atoms with van der Waals surface area (Å²) in [5.41, 5.74) is -0.255. The van der Waals surface area contributed by atoms with Gasteiger partial charge in [0.05, 0.1) is 23.9 Å². The molecule has 0 spiro atoms. The molecule has 8 heteroatoms. The zero-order valence-electron chi connectivity index (χ0n) is 30.2. The Labute approximate surface area is 278 Å². The van der Waals surface area contributed by atoms with E-state index in [1.807, 2.05) is 6.92 Å². The Morgan fingerprint density at radius 1 is 0.978 bits per heavy atom. The zero-order valence-corrected chi connectivity index (χ0v) is 30.2. The van der Waals surface area contributed by atoms with Crippen LogP contribution in [0.4, 0.5) is 0 Å². The Kier molecular flexibility index (Phi) is 9.83. The number of hydrogen-bond acceptors (Lipinski definition) is 8. The summed E-state index contributed by atoms with van der Waals surface area (Å²) in [5, 5.41) is 64.5. The maximum absolute atomic E-state index is 11.2. The Hall–Kier alpha value is -0.580. The van der Waals surface area contributed by atoms with E-state index in [0.29, 0.717) is 30.6 Å². The Balaban J connectivity index is 1.51. The van der Waals surface area contributed by atoms with E-state index in [-0.39, 0.29) is 39.6 Å². The van der Waals surface area contributed by atoms with Crippen LogP contribution in [0.2, 0.25) is 0 Å². The molecule has 0 aromatic heterocycles. The van der Waals surface area contributed by atoms with E-state index in [1.54, 1.807) is 0 Å². The fourth-order valence-electron chi connectivity index (χ4n) is 11.9. The standard InChI is InChI=1S/C38H66O8/c1-11-24-29(40)30(41)31(42)33(45-24)46-28-19-27-34(4,5)21(3)14-16-37(27,9)26-15-17-36(8)22(12-13-25(36)38(26,28)10)20(2)18-23(39)32(43)35(6,7)44/h13,20-24,26-33,39-44H,11-12,14-19H2,1-10H3/t20-,21-,22-,23-,24+,26+,27+,28+,29+,30-,31+,32-,33-,36+,37-,38+/m1/s1. The molecule has 3 saturated carbocycles. The summed E-state index contributed by atoms with van der Waals surface area (Å²) >= 11 is 0. The highest BCUT2D eigenvalue weighted by atomic mass is 16.7. The number of allylic oxidation sites excluding steroid dienone is 1. The van der Waals surface area contributed by atoms with Gasteiger partial charge in [-0.25, -0.2) is 0 Å². The third kappa shape index (κ3) is 5.57. The average Bonchev–Trinajstić information content (AvgIpc) is 3.34. The van der Waals surface area contributed by atoms with Crippen LogP contribution in [0, 0.1) is 51.2 Å². The van der Waals surface area contributed by atoms with Gasteiger partial charge < -0.3 is 40.1 Å². The largest absolute Gasteiger partial charge is 0.390 e. The molecular formula is C38H66O8. The monoisotopic (exact) mass is 650 g/mol. The van der Waals surface area contributed by atoms with Crippen molar-refractivity contribution in [3.63, 3.8) is 0 Å². The van der Waals surface area contributed by atoms with Crippen molar-refractivity contribution in [1.29, 1.82) is 0 Å². The summed E-state index contributed by atoms with van der Waals surface area (Å²) in [7, 11) is 0. The molecule has 0 aromatic carbocycles. The molecule has 0 radical (unpaired) electrons. The molecule has 5 rings (SSSR count). The molecule has 266 valence electrons. The van der Waals surface area contributed by atoms with Crippen LogP contribution in [0.25, 0.3) is 0 Å². The van der Waals surface area contributed by atoms with Crippen molar-refractivity contribution >= 4 is 0 Å². The maximum Gasteiger partial charge on any atom is 0.186 e. The van der Waals surface area contributed by atoms with Crippen LogP contribution < -0.4 is 0 Å². The fourth-order valence-corrected chi connectivity index (χ4v) is 11.9. The number of rotatable bonds is 8. The van der Waals surface area contributed by atoms with Gasteiger partial charge in [0.2, 0.25) is 0 Å². The minimum atomic E-state index is -1.39. The van der Waals surface area contributed by atoms with Crippen molar-refractivity contribution < 1.29 is 40.1 Å². The smallest absolute Gasteiger partial charge is 0.186 e. The summed E-state index contributed by atoms with van der Waals surface area (Å²) in [6.07, 6.45) is 1.46. The van der Waals surface area contributed by atoms with E-state index in [2.05, 4.69) is 54.5 Å². The zero-order chi connectivity index (χ0) is 34.4. The second kappa shape index (κ2) is 12.3. The average molecular weight is 651 g/mol. The molecule has 6 N–H and O–H groups in total. The minimum Gasteiger partial charge on any atom is -0.390 e. The van der Waals surface area contributed by atoms with Crippen LogP contribution in [-0.4, -0.2) is 85.3 Å². The van der Waals surface area contributed by atoms with Gasteiger partial charge in [-0.2, -0.15) is 0 Å². The van der Waals surface area contributed by atoms with Gasteiger partial charge in [0, 0.05) is 5.41 Å². The summed E-state index contributed by atoms with van der Waals surface area (Å²) in [5.74, 6) is 1.70. The molecule has 0 amide bonds. The summed E-state index contributed by atoms with van der Waals surface area (Å²) in [4.78, 5) is 0.